The van der Waals surface area contributed by atoms with Crippen LogP contribution in [0.15, 0.2) is 0 Å². The Labute approximate surface area is 98.4 Å². The number of rotatable bonds is 0. The second kappa shape index (κ2) is 3.28. The number of alkyl halides is 6. The summed E-state index contributed by atoms with van der Waals surface area (Å²) in [4.78, 5) is 0. The summed E-state index contributed by atoms with van der Waals surface area (Å²) in [6.45, 7) is 0. The number of fused-ring (bicyclic) bond motifs is 1. The van der Waals surface area contributed by atoms with Gasteiger partial charge >= 0.3 is 17.8 Å². The number of nitrogens with two attached hydrogens (primary N) is 1. The van der Waals surface area contributed by atoms with E-state index < -0.39 is 52.0 Å². The second-order valence-corrected chi connectivity index (χ2v) is 3.83. The van der Waals surface area contributed by atoms with E-state index in [1.807, 2.05) is 0 Å². The first kappa shape index (κ1) is 13.8. The molecule has 0 aliphatic heterocycles. The molecule has 0 bridgehead atoms. The standard InChI is InChI=1S/C9H2F9N/c10-3-1-2(4(11)6(19)5(3)12)8(15,16)9(17,18)7(1,13)14/h19H2. The maximum absolute atomic E-state index is 13.2. The van der Waals surface area contributed by atoms with Crippen molar-refractivity contribution in [2.24, 2.45) is 0 Å². The van der Waals surface area contributed by atoms with Gasteiger partial charge in [0.1, 0.15) is 5.69 Å². The number of benzene rings is 1. The fourth-order valence-electron chi connectivity index (χ4n) is 1.78. The van der Waals surface area contributed by atoms with Crippen LogP contribution in [-0.2, 0) is 11.8 Å². The van der Waals surface area contributed by atoms with Crippen molar-refractivity contribution in [1.82, 2.24) is 0 Å². The molecule has 0 aromatic heterocycles. The molecule has 0 saturated heterocycles. The first-order valence-corrected chi connectivity index (χ1v) is 4.49. The summed E-state index contributed by atoms with van der Waals surface area (Å²) >= 11 is 0. The Hall–Kier alpha value is -1.61. The Morgan fingerprint density at radius 1 is 0.632 bits per heavy atom. The van der Waals surface area contributed by atoms with Crippen LogP contribution < -0.4 is 5.73 Å². The highest BCUT2D eigenvalue weighted by molar-refractivity contribution is 5.56. The quantitative estimate of drug-likeness (QED) is 0.442. The zero-order valence-corrected chi connectivity index (χ0v) is 8.48. The minimum atomic E-state index is -6.11. The number of nitrogen functional groups attached to an aromatic ring is 1. The molecule has 1 aromatic rings. The van der Waals surface area contributed by atoms with E-state index in [2.05, 4.69) is 5.73 Å². The molecule has 0 radical (unpaired) electrons. The zero-order valence-electron chi connectivity index (χ0n) is 8.48. The molecule has 1 nitrogen and oxygen atoms in total. The van der Waals surface area contributed by atoms with Gasteiger partial charge in [-0.1, -0.05) is 0 Å². The molecule has 0 amide bonds. The van der Waals surface area contributed by atoms with E-state index in [0.717, 1.165) is 0 Å². The predicted octanol–water partition coefficient (Wildman–Crippen LogP) is 3.52. The highest BCUT2D eigenvalue weighted by atomic mass is 19.3. The van der Waals surface area contributed by atoms with Gasteiger partial charge in [0.05, 0.1) is 11.1 Å². The van der Waals surface area contributed by atoms with Crippen molar-refractivity contribution in [3.63, 3.8) is 0 Å². The second-order valence-electron chi connectivity index (χ2n) is 3.83. The van der Waals surface area contributed by atoms with E-state index in [-0.39, 0.29) is 0 Å². The molecule has 1 aromatic carbocycles. The maximum Gasteiger partial charge on any atom is 0.380 e. The minimum absolute atomic E-state index is 1.87. The monoisotopic (exact) mass is 295 g/mol. The van der Waals surface area contributed by atoms with Gasteiger partial charge in [-0.15, -0.1) is 0 Å². The smallest absolute Gasteiger partial charge is 0.380 e. The van der Waals surface area contributed by atoms with Gasteiger partial charge in [-0.25, -0.2) is 13.2 Å². The highest BCUT2D eigenvalue weighted by Gasteiger charge is 2.81. The van der Waals surface area contributed by atoms with Gasteiger partial charge < -0.3 is 5.73 Å². The number of halogens is 9. The molecule has 106 valence electrons. The van der Waals surface area contributed by atoms with Gasteiger partial charge in [-0.05, 0) is 0 Å². The van der Waals surface area contributed by atoms with Crippen molar-refractivity contribution in [2.75, 3.05) is 5.73 Å². The normalized spacial score (nSPS) is 22.4. The number of hydrogen-bond acceptors (Lipinski definition) is 1. The van der Waals surface area contributed by atoms with Gasteiger partial charge in [-0.3, -0.25) is 0 Å². The summed E-state index contributed by atoms with van der Waals surface area (Å²) in [5.41, 5.74) is -2.67. The van der Waals surface area contributed by atoms with Crippen LogP contribution in [0.1, 0.15) is 11.1 Å². The first-order valence-electron chi connectivity index (χ1n) is 4.49. The predicted molar refractivity (Wildman–Crippen MR) is 43.5 cm³/mol. The molecule has 2 rings (SSSR count). The molecule has 0 heterocycles. The fourth-order valence-corrected chi connectivity index (χ4v) is 1.78. The van der Waals surface area contributed by atoms with Gasteiger partial charge in [-0.2, -0.15) is 26.3 Å². The molecule has 0 fully saturated rings. The first-order chi connectivity index (χ1) is 8.39. The average molecular weight is 295 g/mol. The van der Waals surface area contributed by atoms with Crippen LogP contribution in [0.4, 0.5) is 45.2 Å². The van der Waals surface area contributed by atoms with Crippen LogP contribution in [0.3, 0.4) is 0 Å². The van der Waals surface area contributed by atoms with Crippen LogP contribution in [0.25, 0.3) is 0 Å². The Balaban J connectivity index is 3.02. The van der Waals surface area contributed by atoms with E-state index in [0.29, 0.717) is 0 Å². The van der Waals surface area contributed by atoms with Crippen LogP contribution in [0.5, 0.6) is 0 Å². The third-order valence-corrected chi connectivity index (χ3v) is 2.77. The molecule has 1 aliphatic carbocycles. The topological polar surface area (TPSA) is 26.0 Å². The van der Waals surface area contributed by atoms with E-state index in [9.17, 15) is 39.5 Å². The minimum Gasteiger partial charge on any atom is -0.394 e. The molecule has 10 heteroatoms. The third kappa shape index (κ3) is 1.24. The third-order valence-electron chi connectivity index (χ3n) is 2.77. The molecule has 2 N–H and O–H groups in total. The summed E-state index contributed by atoms with van der Waals surface area (Å²) in [5.74, 6) is -25.3. The molecule has 0 unspecified atom stereocenters. The number of hydrogen-bond donors (Lipinski definition) is 1. The van der Waals surface area contributed by atoms with E-state index in [1.165, 1.54) is 0 Å². The Morgan fingerprint density at radius 2 is 1.00 bits per heavy atom. The van der Waals surface area contributed by atoms with E-state index in [1.54, 1.807) is 0 Å². The Morgan fingerprint density at radius 3 is 1.42 bits per heavy atom. The van der Waals surface area contributed by atoms with Gasteiger partial charge in [0.15, 0.2) is 17.5 Å². The van der Waals surface area contributed by atoms with Gasteiger partial charge in [0, 0.05) is 0 Å². The lowest BCUT2D eigenvalue weighted by Crippen LogP contribution is -2.43. The molecular formula is C9H2F9N. The summed E-state index contributed by atoms with van der Waals surface area (Å²) in [6.07, 6.45) is 0. The van der Waals surface area contributed by atoms with Crippen LogP contribution >= 0.6 is 0 Å². The fraction of sp³-hybridized carbons (Fsp3) is 0.333. The zero-order chi connectivity index (χ0) is 15.0. The lowest BCUT2D eigenvalue weighted by atomic mass is 10.0. The van der Waals surface area contributed by atoms with Crippen LogP contribution in [0, 0.1) is 17.5 Å². The van der Waals surface area contributed by atoms with Crippen molar-refractivity contribution in [3.05, 3.63) is 28.6 Å². The molecule has 19 heavy (non-hydrogen) atoms. The summed E-state index contributed by atoms with van der Waals surface area (Å²) in [6, 6.07) is 0. The summed E-state index contributed by atoms with van der Waals surface area (Å²) < 4.78 is 118. The van der Waals surface area contributed by atoms with Crippen molar-refractivity contribution in [3.8, 4) is 0 Å². The van der Waals surface area contributed by atoms with E-state index >= 15 is 0 Å². The lowest BCUT2D eigenvalue weighted by Gasteiger charge is -2.23. The molecule has 0 atom stereocenters. The molecular weight excluding hydrogens is 293 g/mol. The lowest BCUT2D eigenvalue weighted by molar-refractivity contribution is -0.303. The van der Waals surface area contributed by atoms with Gasteiger partial charge in [0.25, 0.3) is 0 Å². The van der Waals surface area contributed by atoms with Crippen molar-refractivity contribution in [1.29, 1.82) is 0 Å². The molecule has 0 saturated carbocycles. The van der Waals surface area contributed by atoms with Crippen LogP contribution in [0.2, 0.25) is 0 Å². The average Bonchev–Trinajstić information content (AvgIpc) is 2.39. The van der Waals surface area contributed by atoms with Crippen LogP contribution in [-0.4, -0.2) is 5.92 Å². The highest BCUT2D eigenvalue weighted by Crippen LogP contribution is 2.64. The summed E-state index contributed by atoms with van der Waals surface area (Å²) in [7, 11) is 0. The Bertz CT molecular complexity index is 529. The summed E-state index contributed by atoms with van der Waals surface area (Å²) in [5, 5.41) is 0. The van der Waals surface area contributed by atoms with Crippen molar-refractivity contribution < 1.29 is 39.5 Å². The SMILES string of the molecule is Nc1c(F)c(F)c2c(c1F)C(F)(F)C(F)(F)C2(F)F. The Kier molecular flexibility index (Phi) is 2.39. The van der Waals surface area contributed by atoms with E-state index in [4.69, 9.17) is 0 Å². The number of anilines is 1. The maximum atomic E-state index is 13.2. The molecule has 1 aliphatic rings. The largest absolute Gasteiger partial charge is 0.394 e. The van der Waals surface area contributed by atoms with Crippen molar-refractivity contribution >= 4 is 5.69 Å². The van der Waals surface area contributed by atoms with Gasteiger partial charge in [0.2, 0.25) is 0 Å². The molecule has 0 spiro atoms. The van der Waals surface area contributed by atoms with Crippen molar-refractivity contribution in [2.45, 2.75) is 17.8 Å².